The van der Waals surface area contributed by atoms with E-state index in [1.807, 2.05) is 62.3 Å². The highest BCUT2D eigenvalue weighted by molar-refractivity contribution is 6.31. The molecule has 21 heteroatoms. The fourth-order valence-electron chi connectivity index (χ4n) is 7.58. The lowest BCUT2D eigenvalue weighted by Crippen LogP contribution is -2.52. The minimum atomic E-state index is -4.88. The van der Waals surface area contributed by atoms with Gasteiger partial charge in [-0.25, -0.2) is 14.4 Å². The molecule has 76 heavy (non-hydrogen) atoms. The zero-order chi connectivity index (χ0) is 57.0. The summed E-state index contributed by atoms with van der Waals surface area (Å²) in [5.41, 5.74) is -9.50. The summed E-state index contributed by atoms with van der Waals surface area (Å²) >= 11 is 17.6. The Labute approximate surface area is 454 Å². The van der Waals surface area contributed by atoms with Crippen molar-refractivity contribution < 1.29 is 68.1 Å². The first-order valence-corrected chi connectivity index (χ1v) is 25.2. The molecule has 9 rings (SSSR count). The van der Waals surface area contributed by atoms with Crippen molar-refractivity contribution in [3.63, 3.8) is 0 Å². The van der Waals surface area contributed by atoms with Gasteiger partial charge in [0.15, 0.2) is 0 Å². The molecular weight excluding hydrogens is 1080 g/mol. The van der Waals surface area contributed by atoms with E-state index in [1.165, 1.54) is 57.5 Å². The van der Waals surface area contributed by atoms with Crippen molar-refractivity contribution in [2.45, 2.75) is 124 Å². The first kappa shape index (κ1) is 64.7. The summed E-state index contributed by atoms with van der Waals surface area (Å²) in [6.45, 7) is 17.7. The Hall–Kier alpha value is -5.61. The van der Waals surface area contributed by atoms with Crippen molar-refractivity contribution in [2.75, 3.05) is 35.8 Å². The number of fused-ring (bicyclic) bond motifs is 3. The fourth-order valence-corrected chi connectivity index (χ4v) is 8.10. The Morgan fingerprint density at radius 1 is 0.461 bits per heavy atom. The highest BCUT2D eigenvalue weighted by atomic mass is 35.5. The predicted molar refractivity (Wildman–Crippen MR) is 278 cm³/mol. The topological polar surface area (TPSA) is 88.6 Å². The number of carbonyl (C=O) groups excluding carboxylic acids is 3. The number of halogens is 12. The molecule has 0 aromatic heterocycles. The smallest absolute Gasteiger partial charge is 0.415 e. The largest absolute Gasteiger partial charge is 0.445 e. The number of amides is 3. The molecule has 0 N–H and O–H groups in total. The molecule has 9 nitrogen and oxygen atoms in total. The molecule has 416 valence electrons. The van der Waals surface area contributed by atoms with E-state index in [9.17, 15) is 53.9 Å². The number of ether oxygens (including phenoxy) is 3. The summed E-state index contributed by atoms with van der Waals surface area (Å²) in [5.74, 6) is 14.9. The van der Waals surface area contributed by atoms with Crippen LogP contribution in [0.1, 0.15) is 106 Å². The van der Waals surface area contributed by atoms with Gasteiger partial charge in [-0.15, -0.1) is 0 Å². The van der Waals surface area contributed by atoms with Crippen LogP contribution in [-0.4, -0.2) is 58.0 Å². The number of hydrogen-bond donors (Lipinski definition) is 0. The number of anilines is 3. The van der Waals surface area contributed by atoms with Gasteiger partial charge in [-0.2, -0.15) is 39.5 Å². The second kappa shape index (κ2) is 24.8. The second-order valence-electron chi connectivity index (χ2n) is 17.6. The summed E-state index contributed by atoms with van der Waals surface area (Å²) in [5, 5.41) is 0.348. The molecule has 3 aliphatic carbocycles. The Kier molecular flexibility index (Phi) is 21.1. The molecule has 3 fully saturated rings. The Bertz CT molecular complexity index is 2510. The molecule has 0 radical (unpaired) electrons. The second-order valence-corrected chi connectivity index (χ2v) is 18.9. The van der Waals surface area contributed by atoms with Crippen LogP contribution in [0.2, 0.25) is 15.1 Å². The molecule has 0 bridgehead atoms. The average molecular weight is 1140 g/mol. The van der Waals surface area contributed by atoms with Crippen LogP contribution in [-0.2, 0) is 31.0 Å². The molecule has 3 aromatic rings. The van der Waals surface area contributed by atoms with Gasteiger partial charge in [-0.3, -0.25) is 14.7 Å². The Morgan fingerprint density at radius 2 is 0.658 bits per heavy atom. The van der Waals surface area contributed by atoms with Gasteiger partial charge in [0.05, 0.1) is 17.1 Å². The molecule has 3 saturated carbocycles. The first-order valence-electron chi connectivity index (χ1n) is 24.0. The van der Waals surface area contributed by atoms with Gasteiger partial charge in [-0.1, -0.05) is 122 Å². The van der Waals surface area contributed by atoms with Crippen molar-refractivity contribution >= 4 is 70.1 Å². The van der Waals surface area contributed by atoms with Gasteiger partial charge < -0.3 is 14.2 Å². The van der Waals surface area contributed by atoms with Crippen molar-refractivity contribution in [1.82, 2.24) is 0 Å². The van der Waals surface area contributed by atoms with Crippen LogP contribution in [0.3, 0.4) is 0 Å². The van der Waals surface area contributed by atoms with Crippen molar-refractivity contribution in [3.8, 4) is 35.5 Å². The van der Waals surface area contributed by atoms with Gasteiger partial charge in [0.2, 0.25) is 0 Å². The fraction of sp³-hybridized carbons (Fsp3) is 0.509. The van der Waals surface area contributed by atoms with Crippen LogP contribution in [0.15, 0.2) is 54.6 Å². The maximum atomic E-state index is 13.8. The molecule has 9 atom stereocenters. The molecular formula is C55H61Cl3F9N3O6. The van der Waals surface area contributed by atoms with Crippen LogP contribution < -0.4 is 14.7 Å². The summed E-state index contributed by atoms with van der Waals surface area (Å²) < 4.78 is 139. The van der Waals surface area contributed by atoms with E-state index in [0.29, 0.717) is 0 Å². The van der Waals surface area contributed by atoms with Gasteiger partial charge >= 0.3 is 36.8 Å². The first-order chi connectivity index (χ1) is 35.0. The lowest BCUT2D eigenvalue weighted by atomic mass is 9.89. The quantitative estimate of drug-likeness (QED) is 0.127. The molecule has 0 saturated heterocycles. The van der Waals surface area contributed by atoms with Crippen LogP contribution in [0.25, 0.3) is 0 Å². The highest BCUT2D eigenvalue weighted by Crippen LogP contribution is 2.53. The Balaban J connectivity index is 0.000000284. The van der Waals surface area contributed by atoms with E-state index in [-0.39, 0.29) is 91.8 Å². The maximum Gasteiger partial charge on any atom is 0.445 e. The standard InChI is InChI=1S/3C16H13ClF3NO2.3C2H6.CH4/c3*1-9-7-10(9)5-6-15(16(18,19)20)12-8-11(17)3-4-13(12)21(2)14(22)23-15;3*1-2;/h3*3-4,8-10H,7H2,1-2H3;3*1-2H3;1H4/t3*9?,10?,15-;;;;/m000..../s1. The summed E-state index contributed by atoms with van der Waals surface area (Å²) in [6, 6.07) is 11.8. The summed E-state index contributed by atoms with van der Waals surface area (Å²) in [4.78, 5) is 38.8. The summed E-state index contributed by atoms with van der Waals surface area (Å²) in [7, 11) is 4.02. The van der Waals surface area contributed by atoms with Crippen molar-refractivity contribution in [3.05, 3.63) is 86.4 Å². The minimum Gasteiger partial charge on any atom is -0.415 e. The van der Waals surface area contributed by atoms with E-state index >= 15 is 0 Å². The van der Waals surface area contributed by atoms with Crippen LogP contribution >= 0.6 is 34.8 Å². The number of carbonyl (C=O) groups is 3. The molecule has 6 aliphatic rings. The van der Waals surface area contributed by atoms with Crippen molar-refractivity contribution in [1.29, 1.82) is 0 Å². The van der Waals surface area contributed by atoms with Gasteiger partial charge in [-0.05, 0) is 109 Å². The average Bonchev–Trinajstić information content (AvgIpc) is 4.32. The lowest BCUT2D eigenvalue weighted by Gasteiger charge is -2.39. The summed E-state index contributed by atoms with van der Waals surface area (Å²) in [6.07, 6.45) is -15.7. The third-order valence-corrected chi connectivity index (χ3v) is 13.2. The van der Waals surface area contributed by atoms with Crippen LogP contribution in [0, 0.1) is 71.0 Å². The van der Waals surface area contributed by atoms with E-state index in [1.54, 1.807) is 0 Å². The predicted octanol–water partition coefficient (Wildman–Crippen LogP) is 16.7. The molecule has 3 amide bonds. The SMILES string of the molecule is C.CC.CC.CC.CC1CC1C#C[C@]1(C(F)(F)F)OC(=O)N(C)c2ccc(Cl)cc21.CC1CC1C#C[C@]1(C(F)(F)F)OC(=O)N(C)c2ccc(Cl)cc21.CC1CC1C#C[C@]1(C(F)(F)F)OC(=O)N(C)c2ccc(Cl)cc21. The van der Waals surface area contributed by atoms with E-state index in [0.717, 1.165) is 52.2 Å². The third-order valence-electron chi connectivity index (χ3n) is 12.5. The normalized spacial score (nSPS) is 26.8. The molecule has 6 unspecified atom stereocenters. The number of alkyl halides is 9. The molecule has 3 aliphatic heterocycles. The molecule has 3 aromatic carbocycles. The van der Waals surface area contributed by atoms with E-state index in [4.69, 9.17) is 49.0 Å². The number of nitrogens with zero attached hydrogens (tertiary/aromatic N) is 3. The number of cyclic esters (lactones) is 3. The molecule has 3 heterocycles. The highest BCUT2D eigenvalue weighted by Gasteiger charge is 2.65. The van der Waals surface area contributed by atoms with Crippen molar-refractivity contribution in [2.24, 2.45) is 35.5 Å². The van der Waals surface area contributed by atoms with E-state index in [2.05, 4.69) is 35.5 Å². The Morgan fingerprint density at radius 3 is 0.829 bits per heavy atom. The number of benzene rings is 3. The minimum absolute atomic E-state index is 0. The lowest BCUT2D eigenvalue weighted by molar-refractivity contribution is -0.240. The van der Waals surface area contributed by atoms with Crippen LogP contribution in [0.5, 0.6) is 0 Å². The van der Waals surface area contributed by atoms with Gasteiger partial charge in [0.1, 0.15) is 0 Å². The zero-order valence-electron chi connectivity index (χ0n) is 43.1. The maximum absolute atomic E-state index is 13.8. The third kappa shape index (κ3) is 13.2. The van der Waals surface area contributed by atoms with Gasteiger partial charge in [0, 0.05) is 70.7 Å². The monoisotopic (exact) mass is 1140 g/mol. The zero-order valence-corrected chi connectivity index (χ0v) is 45.4. The van der Waals surface area contributed by atoms with Crippen LogP contribution in [0.4, 0.5) is 71.0 Å². The molecule has 0 spiro atoms. The number of rotatable bonds is 0. The number of hydrogen-bond acceptors (Lipinski definition) is 6. The van der Waals surface area contributed by atoms with Gasteiger partial charge in [0.25, 0.3) is 16.8 Å². The van der Waals surface area contributed by atoms with E-state index < -0.39 is 53.6 Å².